The van der Waals surface area contributed by atoms with Crippen LogP contribution in [0.15, 0.2) is 36.4 Å². The van der Waals surface area contributed by atoms with Crippen molar-refractivity contribution in [3.63, 3.8) is 0 Å². The number of carbonyl (C=O) groups is 4. The number of ketones is 1. The Bertz CT molecular complexity index is 1100. The number of hydrogen-bond acceptors (Lipinski definition) is 8. The zero-order valence-electron chi connectivity index (χ0n) is 22.7. The third kappa shape index (κ3) is 7.76. The summed E-state index contributed by atoms with van der Waals surface area (Å²) in [4.78, 5) is 50.8. The molecule has 2 unspecified atom stereocenters. The SMILES string of the molecule is CCCCCCc1ccc([C@H]2C(=O)C(OC(C)=O)C(OC(C)=O)[C@@H]2CCCc2ccc(C(=O)OC)s2)cc1. The summed E-state index contributed by atoms with van der Waals surface area (Å²) in [5.74, 6) is -2.60. The first-order valence-electron chi connectivity index (χ1n) is 13.4. The van der Waals surface area contributed by atoms with E-state index in [0.717, 1.165) is 23.3 Å². The Labute approximate surface area is 228 Å². The molecule has 3 rings (SSSR count). The monoisotopic (exact) mass is 542 g/mol. The molecule has 1 aliphatic rings. The third-order valence-electron chi connectivity index (χ3n) is 7.00. The lowest BCUT2D eigenvalue weighted by atomic mass is 9.83. The molecule has 0 saturated heterocycles. The van der Waals surface area contributed by atoms with Crippen LogP contribution in [0.3, 0.4) is 0 Å². The van der Waals surface area contributed by atoms with Gasteiger partial charge in [0, 0.05) is 24.6 Å². The molecule has 0 amide bonds. The van der Waals surface area contributed by atoms with E-state index in [2.05, 4.69) is 19.1 Å². The number of thiophene rings is 1. The fourth-order valence-corrected chi connectivity index (χ4v) is 6.20. The summed E-state index contributed by atoms with van der Waals surface area (Å²) >= 11 is 1.38. The predicted molar refractivity (Wildman–Crippen MR) is 145 cm³/mol. The number of unbranched alkanes of at least 4 members (excludes halogenated alkanes) is 3. The van der Waals surface area contributed by atoms with Gasteiger partial charge in [-0.2, -0.15) is 0 Å². The lowest BCUT2D eigenvalue weighted by molar-refractivity contribution is -0.167. The van der Waals surface area contributed by atoms with Crippen LogP contribution in [0, 0.1) is 5.92 Å². The molecule has 1 saturated carbocycles. The zero-order valence-corrected chi connectivity index (χ0v) is 23.5. The van der Waals surface area contributed by atoms with Gasteiger partial charge in [-0.15, -0.1) is 11.3 Å². The van der Waals surface area contributed by atoms with Gasteiger partial charge in [-0.05, 0) is 55.4 Å². The second-order valence-electron chi connectivity index (χ2n) is 9.85. The molecule has 38 heavy (non-hydrogen) atoms. The summed E-state index contributed by atoms with van der Waals surface area (Å²) in [6.45, 7) is 4.74. The molecule has 0 spiro atoms. The molecule has 0 aliphatic heterocycles. The van der Waals surface area contributed by atoms with Crippen LogP contribution in [0.2, 0.25) is 0 Å². The molecule has 0 radical (unpaired) electrons. The fraction of sp³-hybridized carbons (Fsp3) is 0.533. The number of rotatable bonds is 13. The first-order chi connectivity index (χ1) is 18.2. The molecule has 1 aromatic heterocycles. The van der Waals surface area contributed by atoms with Gasteiger partial charge in [0.25, 0.3) is 0 Å². The Morgan fingerprint density at radius 1 is 0.868 bits per heavy atom. The van der Waals surface area contributed by atoms with E-state index in [-0.39, 0.29) is 17.7 Å². The van der Waals surface area contributed by atoms with Crippen LogP contribution >= 0.6 is 11.3 Å². The highest BCUT2D eigenvalue weighted by molar-refractivity contribution is 7.13. The summed E-state index contributed by atoms with van der Waals surface area (Å²) in [6, 6.07) is 11.7. The molecule has 0 N–H and O–H groups in total. The van der Waals surface area contributed by atoms with E-state index in [0.29, 0.717) is 24.1 Å². The van der Waals surface area contributed by atoms with E-state index >= 15 is 0 Å². The summed E-state index contributed by atoms with van der Waals surface area (Å²) in [5.41, 5.74) is 2.06. The van der Waals surface area contributed by atoms with Gasteiger partial charge in [0.2, 0.25) is 0 Å². The average Bonchev–Trinajstić information content (AvgIpc) is 3.45. The van der Waals surface area contributed by atoms with Crippen LogP contribution in [0.25, 0.3) is 0 Å². The molecule has 1 aliphatic carbocycles. The topological polar surface area (TPSA) is 96.0 Å². The molecule has 1 fully saturated rings. The number of aryl methyl sites for hydroxylation is 2. The van der Waals surface area contributed by atoms with Crippen LogP contribution in [-0.2, 0) is 41.4 Å². The molecule has 0 bridgehead atoms. The minimum atomic E-state index is -1.13. The van der Waals surface area contributed by atoms with Gasteiger partial charge in [0.15, 0.2) is 11.9 Å². The summed E-state index contributed by atoms with van der Waals surface area (Å²) < 4.78 is 15.8. The van der Waals surface area contributed by atoms with E-state index in [9.17, 15) is 19.2 Å². The van der Waals surface area contributed by atoms with Crippen molar-refractivity contribution in [2.24, 2.45) is 5.92 Å². The van der Waals surface area contributed by atoms with Crippen molar-refractivity contribution in [3.8, 4) is 0 Å². The minimum Gasteiger partial charge on any atom is -0.465 e. The first kappa shape index (κ1) is 29.6. The largest absolute Gasteiger partial charge is 0.465 e. The van der Waals surface area contributed by atoms with Crippen molar-refractivity contribution >= 4 is 35.0 Å². The second kappa shape index (κ2) is 14.2. The number of benzene rings is 1. The van der Waals surface area contributed by atoms with Gasteiger partial charge in [-0.1, -0.05) is 50.5 Å². The van der Waals surface area contributed by atoms with Crippen LogP contribution in [-0.4, -0.2) is 43.0 Å². The number of esters is 3. The van der Waals surface area contributed by atoms with E-state index in [4.69, 9.17) is 14.2 Å². The Morgan fingerprint density at radius 3 is 2.21 bits per heavy atom. The Kier molecular flexibility index (Phi) is 11.1. The van der Waals surface area contributed by atoms with Crippen molar-refractivity contribution in [3.05, 3.63) is 57.3 Å². The van der Waals surface area contributed by atoms with E-state index in [1.54, 1.807) is 6.07 Å². The van der Waals surface area contributed by atoms with Crippen molar-refractivity contribution in [1.82, 2.24) is 0 Å². The van der Waals surface area contributed by atoms with Crippen LogP contribution < -0.4 is 0 Å². The van der Waals surface area contributed by atoms with Gasteiger partial charge in [0.1, 0.15) is 11.0 Å². The second-order valence-corrected chi connectivity index (χ2v) is 11.0. The van der Waals surface area contributed by atoms with Crippen molar-refractivity contribution in [2.75, 3.05) is 7.11 Å². The molecule has 1 heterocycles. The minimum absolute atomic E-state index is 0.240. The van der Waals surface area contributed by atoms with Crippen LogP contribution in [0.5, 0.6) is 0 Å². The highest BCUT2D eigenvalue weighted by Crippen LogP contribution is 2.43. The maximum atomic E-state index is 13.6. The molecular formula is C30H38O7S. The summed E-state index contributed by atoms with van der Waals surface area (Å²) in [7, 11) is 1.35. The fourth-order valence-electron chi connectivity index (χ4n) is 5.23. The Morgan fingerprint density at radius 2 is 1.58 bits per heavy atom. The van der Waals surface area contributed by atoms with Crippen LogP contribution in [0.4, 0.5) is 0 Å². The highest BCUT2D eigenvalue weighted by Gasteiger charge is 2.53. The molecule has 4 atom stereocenters. The van der Waals surface area contributed by atoms with Crippen molar-refractivity contribution in [2.45, 2.75) is 90.3 Å². The quantitative estimate of drug-likeness (QED) is 0.179. The molecule has 206 valence electrons. The third-order valence-corrected chi connectivity index (χ3v) is 8.12. The average molecular weight is 543 g/mol. The maximum absolute atomic E-state index is 13.6. The predicted octanol–water partition coefficient (Wildman–Crippen LogP) is 5.83. The number of methoxy groups -OCH3 is 1. The smallest absolute Gasteiger partial charge is 0.348 e. The number of hydrogen-bond donors (Lipinski definition) is 0. The van der Waals surface area contributed by atoms with Crippen molar-refractivity contribution < 1.29 is 33.4 Å². The van der Waals surface area contributed by atoms with E-state index in [1.807, 2.05) is 18.2 Å². The molecule has 1 aromatic carbocycles. The van der Waals surface area contributed by atoms with E-state index in [1.165, 1.54) is 57.1 Å². The molecule has 2 aromatic rings. The number of Topliss-reactive ketones (excluding diaryl/α,β-unsaturated/α-hetero) is 1. The van der Waals surface area contributed by atoms with Gasteiger partial charge in [-0.25, -0.2) is 4.79 Å². The lowest BCUT2D eigenvalue weighted by Gasteiger charge is -2.25. The van der Waals surface area contributed by atoms with Gasteiger partial charge in [0.05, 0.1) is 13.0 Å². The number of ether oxygens (including phenoxy) is 3. The summed E-state index contributed by atoms with van der Waals surface area (Å²) in [5, 5.41) is 0. The van der Waals surface area contributed by atoms with Gasteiger partial charge in [-0.3, -0.25) is 14.4 Å². The molecule has 8 heteroatoms. The Hall–Kier alpha value is -3.00. The standard InChI is InChI=1S/C30H38O7S/c1-5-6-7-8-10-21-13-15-22(16-14-21)26-24(12-9-11-23-17-18-25(38-23)30(34)35-4)28(36-19(2)31)29(27(26)33)37-20(3)32/h13-18,24,26,28-29H,5-12H2,1-4H3/t24-,26-,28?,29?/m1/s1. The summed E-state index contributed by atoms with van der Waals surface area (Å²) in [6.07, 6.45) is 5.72. The van der Waals surface area contributed by atoms with Crippen LogP contribution in [0.1, 0.15) is 90.9 Å². The van der Waals surface area contributed by atoms with Gasteiger partial charge < -0.3 is 14.2 Å². The number of carbonyl (C=O) groups excluding carboxylic acids is 4. The molecular weight excluding hydrogens is 504 g/mol. The highest BCUT2D eigenvalue weighted by atomic mass is 32.1. The van der Waals surface area contributed by atoms with Crippen molar-refractivity contribution in [1.29, 1.82) is 0 Å². The molecule has 7 nitrogen and oxygen atoms in total. The van der Waals surface area contributed by atoms with E-state index < -0.39 is 30.1 Å². The lowest BCUT2D eigenvalue weighted by Crippen LogP contribution is -2.36. The van der Waals surface area contributed by atoms with Gasteiger partial charge >= 0.3 is 17.9 Å². The maximum Gasteiger partial charge on any atom is 0.348 e. The first-order valence-corrected chi connectivity index (χ1v) is 14.2. The zero-order chi connectivity index (χ0) is 27.7. The normalized spacial score (nSPS) is 20.8. The Balaban J connectivity index is 1.81.